The minimum atomic E-state index is -0.141. The molecule has 0 aromatic rings. The molecule has 1 rings (SSSR count). The third kappa shape index (κ3) is 5.39. The largest absolute Gasteiger partial charge is 0.333 e. The van der Waals surface area contributed by atoms with Gasteiger partial charge < -0.3 is 15.5 Å². The molecule has 0 saturated carbocycles. The van der Waals surface area contributed by atoms with Crippen LogP contribution in [0.3, 0.4) is 0 Å². The predicted molar refractivity (Wildman–Crippen MR) is 71.1 cm³/mol. The molecule has 0 aromatic heterocycles. The average Bonchev–Trinajstić information content (AvgIpc) is 2.24. The number of hydrogen-bond acceptors (Lipinski definition) is 2. The molecule has 1 fully saturated rings. The van der Waals surface area contributed by atoms with Crippen LogP contribution in [-0.2, 0) is 0 Å². The van der Waals surface area contributed by atoms with Gasteiger partial charge in [0, 0.05) is 18.6 Å². The van der Waals surface area contributed by atoms with E-state index in [0.717, 1.165) is 44.9 Å². The van der Waals surface area contributed by atoms with E-state index in [0.29, 0.717) is 0 Å². The van der Waals surface area contributed by atoms with E-state index in [1.54, 1.807) is 0 Å². The third-order valence-corrected chi connectivity index (χ3v) is 3.07. The first-order chi connectivity index (χ1) is 7.92. The van der Waals surface area contributed by atoms with Gasteiger partial charge in [0.05, 0.1) is 0 Å². The maximum atomic E-state index is 11.9. The van der Waals surface area contributed by atoms with E-state index in [2.05, 4.69) is 17.6 Å². The molecular weight excluding hydrogens is 214 g/mol. The summed E-state index contributed by atoms with van der Waals surface area (Å²) in [4.78, 5) is 13.9. The summed E-state index contributed by atoms with van der Waals surface area (Å²) in [5.41, 5.74) is -0.141. The molecule has 4 nitrogen and oxygen atoms in total. The van der Waals surface area contributed by atoms with Crippen molar-refractivity contribution in [3.05, 3.63) is 0 Å². The van der Waals surface area contributed by atoms with Gasteiger partial charge in [0.25, 0.3) is 0 Å². The molecule has 1 aliphatic heterocycles. The van der Waals surface area contributed by atoms with Crippen LogP contribution in [0.25, 0.3) is 0 Å². The van der Waals surface area contributed by atoms with Gasteiger partial charge in [0.15, 0.2) is 0 Å². The standard InChI is InChI=1S/C13H27N3O/c1-5-14-10-11-6-8-16(9-7-11)12(17)15-13(2,3)4/h11,14H,5-10H2,1-4H3,(H,15,17). The molecule has 1 heterocycles. The molecule has 0 radical (unpaired) electrons. The molecule has 100 valence electrons. The van der Waals surface area contributed by atoms with Crippen LogP contribution in [0, 0.1) is 5.92 Å². The van der Waals surface area contributed by atoms with Crippen LogP contribution in [0.2, 0.25) is 0 Å². The molecule has 1 aliphatic rings. The highest BCUT2D eigenvalue weighted by Crippen LogP contribution is 2.16. The second-order valence-corrected chi connectivity index (χ2v) is 5.92. The topological polar surface area (TPSA) is 44.4 Å². The number of hydrogen-bond donors (Lipinski definition) is 2. The van der Waals surface area contributed by atoms with Crippen molar-refractivity contribution in [3.63, 3.8) is 0 Å². The summed E-state index contributed by atoms with van der Waals surface area (Å²) in [6.07, 6.45) is 2.23. The van der Waals surface area contributed by atoms with Gasteiger partial charge >= 0.3 is 6.03 Å². The Labute approximate surface area is 105 Å². The molecule has 1 saturated heterocycles. The number of piperidine rings is 1. The van der Waals surface area contributed by atoms with Crippen LogP contribution in [0.4, 0.5) is 4.79 Å². The number of nitrogens with one attached hydrogen (secondary N) is 2. The molecule has 17 heavy (non-hydrogen) atoms. The molecule has 0 aromatic carbocycles. The van der Waals surface area contributed by atoms with Crippen LogP contribution < -0.4 is 10.6 Å². The minimum absolute atomic E-state index is 0.0828. The first-order valence-electron chi connectivity index (χ1n) is 6.70. The molecule has 0 spiro atoms. The van der Waals surface area contributed by atoms with Gasteiger partial charge in [-0.05, 0) is 52.6 Å². The Morgan fingerprint density at radius 1 is 1.29 bits per heavy atom. The summed E-state index contributed by atoms with van der Waals surface area (Å²) in [7, 11) is 0. The van der Waals surface area contributed by atoms with Gasteiger partial charge in [-0.15, -0.1) is 0 Å². The highest BCUT2D eigenvalue weighted by molar-refractivity contribution is 5.75. The van der Waals surface area contributed by atoms with E-state index in [9.17, 15) is 4.79 Å². The maximum Gasteiger partial charge on any atom is 0.317 e. The van der Waals surface area contributed by atoms with Crippen molar-refractivity contribution < 1.29 is 4.79 Å². The molecular formula is C13H27N3O. The van der Waals surface area contributed by atoms with Crippen LogP contribution in [0.15, 0.2) is 0 Å². The van der Waals surface area contributed by atoms with Gasteiger partial charge in [0.1, 0.15) is 0 Å². The first kappa shape index (κ1) is 14.3. The second-order valence-electron chi connectivity index (χ2n) is 5.92. The van der Waals surface area contributed by atoms with Crippen molar-refractivity contribution in [2.24, 2.45) is 5.92 Å². The number of urea groups is 1. The van der Waals surface area contributed by atoms with E-state index in [4.69, 9.17) is 0 Å². The van der Waals surface area contributed by atoms with Crippen molar-refractivity contribution in [3.8, 4) is 0 Å². The van der Waals surface area contributed by atoms with Gasteiger partial charge in [0.2, 0.25) is 0 Å². The lowest BCUT2D eigenvalue weighted by atomic mass is 9.97. The number of carbonyl (C=O) groups is 1. The Morgan fingerprint density at radius 3 is 2.35 bits per heavy atom. The van der Waals surface area contributed by atoms with Crippen molar-refractivity contribution >= 4 is 6.03 Å². The van der Waals surface area contributed by atoms with Crippen molar-refractivity contribution in [1.29, 1.82) is 0 Å². The van der Waals surface area contributed by atoms with Crippen LogP contribution >= 0.6 is 0 Å². The fourth-order valence-corrected chi connectivity index (χ4v) is 2.09. The zero-order valence-electron chi connectivity index (χ0n) is 11.7. The lowest BCUT2D eigenvalue weighted by Crippen LogP contribution is -2.51. The average molecular weight is 241 g/mol. The zero-order valence-corrected chi connectivity index (χ0v) is 11.7. The van der Waals surface area contributed by atoms with Crippen molar-refractivity contribution in [2.45, 2.75) is 46.1 Å². The number of carbonyl (C=O) groups excluding carboxylic acids is 1. The summed E-state index contributed by atoms with van der Waals surface area (Å²) in [5, 5.41) is 6.40. The predicted octanol–water partition coefficient (Wildman–Crippen LogP) is 1.82. The fraction of sp³-hybridized carbons (Fsp3) is 0.923. The molecule has 0 unspecified atom stereocenters. The van der Waals surface area contributed by atoms with E-state index >= 15 is 0 Å². The Morgan fingerprint density at radius 2 is 1.88 bits per heavy atom. The summed E-state index contributed by atoms with van der Waals surface area (Å²) < 4.78 is 0. The van der Waals surface area contributed by atoms with E-state index < -0.39 is 0 Å². The number of amides is 2. The molecule has 2 N–H and O–H groups in total. The normalized spacial score (nSPS) is 18.2. The molecule has 0 aliphatic carbocycles. The minimum Gasteiger partial charge on any atom is -0.333 e. The lowest BCUT2D eigenvalue weighted by Gasteiger charge is -2.34. The highest BCUT2D eigenvalue weighted by Gasteiger charge is 2.24. The summed E-state index contributed by atoms with van der Waals surface area (Å²) >= 11 is 0. The van der Waals surface area contributed by atoms with Crippen molar-refractivity contribution in [1.82, 2.24) is 15.5 Å². The number of nitrogens with zero attached hydrogens (tertiary/aromatic N) is 1. The second kappa shape index (κ2) is 6.24. The van der Waals surface area contributed by atoms with Crippen LogP contribution in [0.1, 0.15) is 40.5 Å². The summed E-state index contributed by atoms with van der Waals surface area (Å²) in [6.45, 7) is 12.1. The molecule has 4 heteroatoms. The van der Waals surface area contributed by atoms with Crippen LogP contribution in [0.5, 0.6) is 0 Å². The van der Waals surface area contributed by atoms with Crippen molar-refractivity contribution in [2.75, 3.05) is 26.2 Å². The number of rotatable bonds is 3. The molecule has 2 amide bonds. The summed E-state index contributed by atoms with van der Waals surface area (Å²) in [6, 6.07) is 0.0828. The highest BCUT2D eigenvalue weighted by atomic mass is 16.2. The zero-order chi connectivity index (χ0) is 12.9. The SMILES string of the molecule is CCNCC1CCN(C(=O)NC(C)(C)C)CC1. The smallest absolute Gasteiger partial charge is 0.317 e. The van der Waals surface area contributed by atoms with E-state index in [-0.39, 0.29) is 11.6 Å². The fourth-order valence-electron chi connectivity index (χ4n) is 2.09. The van der Waals surface area contributed by atoms with Gasteiger partial charge in [-0.3, -0.25) is 0 Å². The van der Waals surface area contributed by atoms with E-state index in [1.165, 1.54) is 0 Å². The Hall–Kier alpha value is -0.770. The van der Waals surface area contributed by atoms with Gasteiger partial charge in [-0.1, -0.05) is 6.92 Å². The monoisotopic (exact) mass is 241 g/mol. The number of likely N-dealkylation sites (tertiary alicyclic amines) is 1. The third-order valence-electron chi connectivity index (χ3n) is 3.07. The van der Waals surface area contributed by atoms with Crippen LogP contribution in [-0.4, -0.2) is 42.6 Å². The Bertz CT molecular complexity index is 240. The summed E-state index contributed by atoms with van der Waals surface area (Å²) in [5.74, 6) is 0.730. The first-order valence-corrected chi connectivity index (χ1v) is 6.70. The Kier molecular flexibility index (Phi) is 5.25. The molecule has 0 bridgehead atoms. The van der Waals surface area contributed by atoms with Gasteiger partial charge in [-0.25, -0.2) is 4.79 Å². The molecule has 0 atom stereocenters. The quantitative estimate of drug-likeness (QED) is 0.791. The van der Waals surface area contributed by atoms with Gasteiger partial charge in [-0.2, -0.15) is 0 Å². The maximum absolute atomic E-state index is 11.9. The lowest BCUT2D eigenvalue weighted by molar-refractivity contribution is 0.162. The Balaban J connectivity index is 2.29. The van der Waals surface area contributed by atoms with E-state index in [1.807, 2.05) is 25.7 Å².